The van der Waals surface area contributed by atoms with Crippen LogP contribution in [0.15, 0.2) is 12.3 Å². The molecule has 1 aromatic heterocycles. The largest absolute Gasteiger partial charge is 0.397 e. The van der Waals surface area contributed by atoms with Crippen molar-refractivity contribution in [3.63, 3.8) is 0 Å². The highest BCUT2D eigenvalue weighted by atomic mass is 19.2. The normalized spacial score (nSPS) is 10.6. The van der Waals surface area contributed by atoms with Crippen LogP contribution in [-0.2, 0) is 0 Å². The van der Waals surface area contributed by atoms with Gasteiger partial charge in [0.25, 0.3) is 0 Å². The quantitative estimate of drug-likeness (QED) is 0.666. The van der Waals surface area contributed by atoms with Crippen molar-refractivity contribution in [2.24, 2.45) is 0 Å². The first-order valence-corrected chi connectivity index (χ1v) is 5.04. The van der Waals surface area contributed by atoms with Crippen LogP contribution >= 0.6 is 0 Å². The first kappa shape index (κ1) is 12.0. The van der Waals surface area contributed by atoms with Crippen molar-refractivity contribution in [2.45, 2.75) is 6.92 Å². The Morgan fingerprint density at radius 3 is 2.33 bits per heavy atom. The summed E-state index contributed by atoms with van der Waals surface area (Å²) in [6.07, 6.45) is 1.31. The minimum absolute atomic E-state index is 0.0416. The van der Waals surface area contributed by atoms with Crippen molar-refractivity contribution in [1.82, 2.24) is 9.97 Å². The van der Waals surface area contributed by atoms with Crippen LogP contribution in [0.2, 0.25) is 0 Å². The highest BCUT2D eigenvalue weighted by molar-refractivity contribution is 5.76. The number of rotatable bonds is 1. The minimum Gasteiger partial charge on any atom is -0.397 e. The van der Waals surface area contributed by atoms with Crippen LogP contribution in [0.3, 0.4) is 0 Å². The molecule has 0 aliphatic heterocycles. The standard InChI is InChI=1S/C11H11F2N5/c1-4-6(3-17-11(16)18-4)5-2-7(14)10(15)9(13)8(5)12/h2-3H,14-15H2,1H3,(H2,16,17,18). The van der Waals surface area contributed by atoms with Gasteiger partial charge in [0, 0.05) is 17.3 Å². The van der Waals surface area contributed by atoms with Gasteiger partial charge in [-0.3, -0.25) is 0 Å². The fourth-order valence-corrected chi connectivity index (χ4v) is 1.61. The molecule has 0 bridgehead atoms. The van der Waals surface area contributed by atoms with Gasteiger partial charge in [-0.25, -0.2) is 18.7 Å². The van der Waals surface area contributed by atoms with Gasteiger partial charge in [0.15, 0.2) is 11.6 Å². The molecule has 0 atom stereocenters. The van der Waals surface area contributed by atoms with Gasteiger partial charge >= 0.3 is 0 Å². The van der Waals surface area contributed by atoms with Crippen LogP contribution in [0.5, 0.6) is 0 Å². The molecular formula is C11H11F2N5. The number of nitrogens with two attached hydrogens (primary N) is 3. The van der Waals surface area contributed by atoms with Crippen LogP contribution in [0, 0.1) is 18.6 Å². The van der Waals surface area contributed by atoms with Gasteiger partial charge in [0.2, 0.25) is 5.95 Å². The molecule has 2 aromatic rings. The average molecular weight is 251 g/mol. The van der Waals surface area contributed by atoms with E-state index in [0.717, 1.165) is 0 Å². The fourth-order valence-electron chi connectivity index (χ4n) is 1.61. The number of benzene rings is 1. The van der Waals surface area contributed by atoms with Crippen LogP contribution in [-0.4, -0.2) is 9.97 Å². The monoisotopic (exact) mass is 251 g/mol. The summed E-state index contributed by atoms with van der Waals surface area (Å²) < 4.78 is 27.3. The zero-order valence-electron chi connectivity index (χ0n) is 9.54. The fraction of sp³-hybridized carbons (Fsp3) is 0.0909. The topological polar surface area (TPSA) is 104 Å². The molecule has 6 N–H and O–H groups in total. The van der Waals surface area contributed by atoms with Crippen LogP contribution in [0.25, 0.3) is 11.1 Å². The lowest BCUT2D eigenvalue weighted by Crippen LogP contribution is -2.04. The van der Waals surface area contributed by atoms with Gasteiger partial charge in [-0.2, -0.15) is 0 Å². The van der Waals surface area contributed by atoms with E-state index >= 15 is 0 Å². The molecule has 2 rings (SSSR count). The summed E-state index contributed by atoms with van der Waals surface area (Å²) in [5, 5.41) is 0. The predicted octanol–water partition coefficient (Wildman–Crippen LogP) is 1.48. The van der Waals surface area contributed by atoms with E-state index in [1.807, 2.05) is 0 Å². The van der Waals surface area contributed by atoms with Gasteiger partial charge in [-0.15, -0.1) is 0 Å². The summed E-state index contributed by atoms with van der Waals surface area (Å²) in [5.41, 5.74) is 16.4. The molecule has 0 fully saturated rings. The SMILES string of the molecule is Cc1nc(N)ncc1-c1cc(N)c(N)c(F)c1F. The second-order valence-electron chi connectivity index (χ2n) is 3.78. The molecule has 0 spiro atoms. The number of nitrogen functional groups attached to an aromatic ring is 3. The Hall–Kier alpha value is -2.44. The third kappa shape index (κ3) is 1.79. The third-order valence-corrected chi connectivity index (χ3v) is 2.56. The molecule has 0 unspecified atom stereocenters. The lowest BCUT2D eigenvalue weighted by atomic mass is 10.0. The number of hydrogen-bond acceptors (Lipinski definition) is 5. The zero-order valence-corrected chi connectivity index (χ0v) is 9.54. The Kier molecular flexibility index (Phi) is 2.74. The van der Waals surface area contributed by atoms with Crippen molar-refractivity contribution in [3.8, 4) is 11.1 Å². The lowest BCUT2D eigenvalue weighted by Gasteiger charge is -2.10. The van der Waals surface area contributed by atoms with E-state index in [1.54, 1.807) is 6.92 Å². The Bertz CT molecular complexity index is 627. The number of nitrogens with zero attached hydrogens (tertiary/aromatic N) is 2. The van der Waals surface area contributed by atoms with Crippen molar-refractivity contribution in [1.29, 1.82) is 0 Å². The summed E-state index contributed by atoms with van der Waals surface area (Å²) in [6.45, 7) is 1.61. The maximum atomic E-state index is 13.8. The second-order valence-corrected chi connectivity index (χ2v) is 3.78. The molecule has 18 heavy (non-hydrogen) atoms. The van der Waals surface area contributed by atoms with E-state index in [1.165, 1.54) is 12.3 Å². The molecule has 0 saturated heterocycles. The summed E-state index contributed by atoms with van der Waals surface area (Å²) in [4.78, 5) is 7.62. The maximum Gasteiger partial charge on any atom is 0.220 e. The summed E-state index contributed by atoms with van der Waals surface area (Å²) in [6, 6.07) is 1.25. The van der Waals surface area contributed by atoms with E-state index in [0.29, 0.717) is 11.3 Å². The average Bonchev–Trinajstić information content (AvgIpc) is 2.32. The Morgan fingerprint density at radius 1 is 1.06 bits per heavy atom. The highest BCUT2D eigenvalue weighted by Gasteiger charge is 2.18. The van der Waals surface area contributed by atoms with Gasteiger partial charge in [0.1, 0.15) is 0 Å². The first-order chi connectivity index (χ1) is 8.41. The number of halogens is 2. The zero-order chi connectivity index (χ0) is 13.4. The molecule has 0 radical (unpaired) electrons. The van der Waals surface area contributed by atoms with Crippen LogP contribution in [0.4, 0.5) is 26.1 Å². The Morgan fingerprint density at radius 2 is 1.72 bits per heavy atom. The number of aryl methyl sites for hydroxylation is 1. The minimum atomic E-state index is -1.18. The molecule has 1 aromatic carbocycles. The second kappa shape index (κ2) is 4.10. The number of aromatic nitrogens is 2. The van der Waals surface area contributed by atoms with E-state index in [4.69, 9.17) is 17.2 Å². The van der Waals surface area contributed by atoms with E-state index in [-0.39, 0.29) is 17.2 Å². The number of anilines is 3. The molecule has 0 aliphatic rings. The number of hydrogen-bond donors (Lipinski definition) is 3. The van der Waals surface area contributed by atoms with Crippen molar-refractivity contribution < 1.29 is 8.78 Å². The van der Waals surface area contributed by atoms with Gasteiger partial charge in [-0.05, 0) is 13.0 Å². The summed E-state index contributed by atoms with van der Waals surface area (Å²) in [5.74, 6) is -2.21. The van der Waals surface area contributed by atoms with Crippen LogP contribution in [0.1, 0.15) is 5.69 Å². The van der Waals surface area contributed by atoms with E-state index in [9.17, 15) is 8.78 Å². The predicted molar refractivity (Wildman–Crippen MR) is 65.4 cm³/mol. The van der Waals surface area contributed by atoms with Gasteiger partial charge in [-0.1, -0.05) is 0 Å². The summed E-state index contributed by atoms with van der Waals surface area (Å²) >= 11 is 0. The van der Waals surface area contributed by atoms with Crippen molar-refractivity contribution in [2.75, 3.05) is 17.2 Å². The Balaban J connectivity index is 2.72. The maximum absolute atomic E-state index is 13.8. The molecule has 1 heterocycles. The molecule has 0 saturated carbocycles. The third-order valence-electron chi connectivity index (χ3n) is 2.56. The molecular weight excluding hydrogens is 240 g/mol. The molecule has 7 heteroatoms. The molecule has 0 amide bonds. The lowest BCUT2D eigenvalue weighted by molar-refractivity contribution is 0.515. The van der Waals surface area contributed by atoms with E-state index in [2.05, 4.69) is 9.97 Å². The van der Waals surface area contributed by atoms with Crippen molar-refractivity contribution in [3.05, 3.63) is 29.6 Å². The highest BCUT2D eigenvalue weighted by Crippen LogP contribution is 2.32. The van der Waals surface area contributed by atoms with Crippen LogP contribution < -0.4 is 17.2 Å². The summed E-state index contributed by atoms with van der Waals surface area (Å²) in [7, 11) is 0. The van der Waals surface area contributed by atoms with Gasteiger partial charge in [0.05, 0.1) is 17.1 Å². The molecule has 5 nitrogen and oxygen atoms in total. The van der Waals surface area contributed by atoms with Crippen molar-refractivity contribution >= 4 is 17.3 Å². The first-order valence-electron chi connectivity index (χ1n) is 5.04. The smallest absolute Gasteiger partial charge is 0.220 e. The Labute approximate surface area is 102 Å². The molecule has 0 aliphatic carbocycles. The van der Waals surface area contributed by atoms with E-state index < -0.39 is 17.3 Å². The van der Waals surface area contributed by atoms with Gasteiger partial charge < -0.3 is 17.2 Å². The molecule has 94 valence electrons.